The number of para-hydroxylation sites is 2. The molecule has 0 spiro atoms. The van der Waals surface area contributed by atoms with E-state index in [2.05, 4.69) is 281 Å². The third-order valence-corrected chi connectivity index (χ3v) is 17.6. The minimum atomic E-state index is -2.06. The molecule has 0 aliphatic rings. The standard InChI is InChI=1S/C23H28N.C21H24N.C19H20N.C18H18N/c1-15(2)12-19-8-7-9-22-20(19)10-11-23(24(22)6)21-14-16(3)13-17(4)18(21)5;1-13-10-15(3)17(5)18(11-13)20-12-16(4)21-14(2)8-7-9-19(21)22(20)6;1-13-11-14(2)15(3)17(12-13)19-10-9-16-7-5-6-8-18(16)20(19)4;1-13-8-10-16(14(2)12-13)18-11-9-15-6-4-5-7-17(15)19(18)3/h7-11,13-15H,12H2,1-6H3;7-12H,1-6H3;5-12H,1-4H3;4-12H,1-3H3/q4*+1/i;;;1D3. The molecular formula is C81H90N4+4. The fraction of sp³-hybridized carbons (Fsp3) is 0.259. The molecule has 85 heavy (non-hydrogen) atoms. The van der Waals surface area contributed by atoms with Crippen molar-refractivity contribution in [2.75, 3.05) is 0 Å². The minimum Gasteiger partial charge on any atom is -0.194 e. The van der Waals surface area contributed by atoms with Crippen molar-refractivity contribution < 1.29 is 22.4 Å². The Hall–Kier alpha value is -8.60. The summed E-state index contributed by atoms with van der Waals surface area (Å²) in [4.78, 5) is 0. The van der Waals surface area contributed by atoms with E-state index < -0.39 is 6.85 Å². The quantitative estimate of drug-likeness (QED) is 0.148. The van der Waals surface area contributed by atoms with Crippen molar-refractivity contribution in [3.63, 3.8) is 0 Å². The molecule has 4 nitrogen and oxygen atoms in total. The number of aromatic nitrogens is 4. The molecule has 12 rings (SSSR count). The Bertz CT molecular complexity index is 4620. The van der Waals surface area contributed by atoms with Crippen LogP contribution in [-0.2, 0) is 34.6 Å². The maximum absolute atomic E-state index is 7.52. The summed E-state index contributed by atoms with van der Waals surface area (Å²) in [5.41, 5.74) is 32.6. The van der Waals surface area contributed by atoms with Crippen molar-refractivity contribution >= 4 is 43.6 Å². The molecule has 0 unspecified atom stereocenters. The van der Waals surface area contributed by atoms with E-state index in [0.717, 1.165) is 28.8 Å². The number of pyridine rings is 4. The zero-order chi connectivity index (χ0) is 63.6. The number of hydrogen-bond acceptors (Lipinski definition) is 0. The number of fused-ring (bicyclic) bond motifs is 4. The molecule has 4 heteroatoms. The summed E-state index contributed by atoms with van der Waals surface area (Å²) in [5.74, 6) is 0.669. The van der Waals surface area contributed by atoms with Crippen LogP contribution in [0.1, 0.15) is 95.8 Å². The second-order valence-electron chi connectivity index (χ2n) is 24.4. The molecule has 12 aromatic rings. The lowest BCUT2D eigenvalue weighted by atomic mass is 9.95. The van der Waals surface area contributed by atoms with E-state index in [1.54, 1.807) is 12.1 Å². The first kappa shape index (κ1) is 56.9. The van der Waals surface area contributed by atoms with E-state index in [1.807, 2.05) is 32.2 Å². The normalized spacial score (nSPS) is 11.8. The fourth-order valence-electron chi connectivity index (χ4n) is 12.7. The minimum absolute atomic E-state index is 0.386. The molecule has 0 fully saturated rings. The van der Waals surface area contributed by atoms with Crippen molar-refractivity contribution in [3.05, 3.63) is 260 Å². The zero-order valence-corrected chi connectivity index (χ0v) is 53.9. The highest BCUT2D eigenvalue weighted by atomic mass is 15.0. The molecule has 0 bridgehead atoms. The lowest BCUT2D eigenvalue weighted by molar-refractivity contribution is -0.633. The van der Waals surface area contributed by atoms with Crippen molar-refractivity contribution in [3.8, 4) is 45.0 Å². The summed E-state index contributed by atoms with van der Waals surface area (Å²) < 4.78 is 31.7. The maximum Gasteiger partial charge on any atom is 0.213 e. The molecule has 8 aromatic carbocycles. The van der Waals surface area contributed by atoms with E-state index in [9.17, 15) is 0 Å². The van der Waals surface area contributed by atoms with Gasteiger partial charge >= 0.3 is 0 Å². The summed E-state index contributed by atoms with van der Waals surface area (Å²) in [6.45, 7) is 28.6. The monoisotopic (exact) mass is 1120 g/mol. The van der Waals surface area contributed by atoms with Crippen molar-refractivity contribution in [1.29, 1.82) is 0 Å². The Kier molecular flexibility index (Phi) is 17.2. The lowest BCUT2D eigenvalue weighted by Gasteiger charge is -2.12. The van der Waals surface area contributed by atoms with Gasteiger partial charge in [-0.3, -0.25) is 0 Å². The topological polar surface area (TPSA) is 15.5 Å². The second kappa shape index (κ2) is 25.7. The summed E-state index contributed by atoms with van der Waals surface area (Å²) in [5, 5.41) is 5.21. The molecule has 0 radical (unpaired) electrons. The van der Waals surface area contributed by atoms with Gasteiger partial charge in [-0.15, -0.1) is 0 Å². The third-order valence-electron chi connectivity index (χ3n) is 17.6. The zero-order valence-electron chi connectivity index (χ0n) is 56.9. The molecule has 0 saturated heterocycles. The summed E-state index contributed by atoms with van der Waals surface area (Å²) in [6, 6.07) is 64.6. The van der Waals surface area contributed by atoms with E-state index in [0.29, 0.717) is 11.5 Å². The third kappa shape index (κ3) is 12.9. The number of hydrogen-bond donors (Lipinski definition) is 0. The highest BCUT2D eigenvalue weighted by molar-refractivity contribution is 5.86. The van der Waals surface area contributed by atoms with Gasteiger partial charge in [0, 0.05) is 91.1 Å². The molecule has 4 heterocycles. The molecule has 0 aliphatic heterocycles. The smallest absolute Gasteiger partial charge is 0.194 e. The molecule has 0 saturated carbocycles. The highest BCUT2D eigenvalue weighted by Gasteiger charge is 2.22. The molecule has 0 N–H and O–H groups in total. The predicted molar refractivity (Wildman–Crippen MR) is 362 cm³/mol. The number of nitrogens with zero attached hydrogens (tertiary/aromatic N) is 4. The van der Waals surface area contributed by atoms with Crippen LogP contribution >= 0.6 is 0 Å². The maximum atomic E-state index is 7.52. The molecular weight excluding hydrogens is 1030 g/mol. The van der Waals surface area contributed by atoms with Gasteiger partial charge in [0.05, 0.1) is 5.39 Å². The van der Waals surface area contributed by atoms with Crippen LogP contribution in [0, 0.1) is 95.9 Å². The Balaban J connectivity index is 0.000000140. The first-order valence-electron chi connectivity index (χ1n) is 31.6. The first-order chi connectivity index (χ1) is 41.7. The van der Waals surface area contributed by atoms with Gasteiger partial charge in [0.15, 0.2) is 0 Å². The summed E-state index contributed by atoms with van der Waals surface area (Å²) in [7, 11) is 8.55. The average Bonchev–Trinajstić information content (AvgIpc) is 2.11. The van der Waals surface area contributed by atoms with Crippen LogP contribution in [-0.4, -0.2) is 0 Å². The number of rotatable bonds is 6. The van der Waals surface area contributed by atoms with E-state index in [4.69, 9.17) is 4.11 Å². The van der Waals surface area contributed by atoms with Gasteiger partial charge in [-0.05, 0) is 213 Å². The van der Waals surface area contributed by atoms with Gasteiger partial charge in [0.1, 0.15) is 28.2 Å². The van der Waals surface area contributed by atoms with E-state index in [-0.39, 0.29) is 0 Å². The molecule has 430 valence electrons. The molecule has 4 aromatic heterocycles. The Morgan fingerprint density at radius 2 is 0.753 bits per heavy atom. The first-order valence-corrected chi connectivity index (χ1v) is 30.1. The van der Waals surface area contributed by atoms with Crippen LogP contribution in [0.15, 0.2) is 182 Å². The van der Waals surface area contributed by atoms with Gasteiger partial charge in [-0.2, -0.15) is 18.3 Å². The number of aryl methyl sites for hydroxylation is 14. The van der Waals surface area contributed by atoms with Gasteiger partial charge in [0.25, 0.3) is 0 Å². The van der Waals surface area contributed by atoms with E-state index >= 15 is 0 Å². The van der Waals surface area contributed by atoms with Gasteiger partial charge in [-0.25, -0.2) is 0 Å². The van der Waals surface area contributed by atoms with Crippen LogP contribution < -0.4 is 18.3 Å². The van der Waals surface area contributed by atoms with Crippen molar-refractivity contribution in [2.45, 2.75) is 110 Å². The number of benzene rings is 8. The molecule has 0 aliphatic carbocycles. The highest BCUT2D eigenvalue weighted by Crippen LogP contribution is 2.32. The summed E-state index contributed by atoms with van der Waals surface area (Å²) in [6.07, 6.45) is 1.12. The van der Waals surface area contributed by atoms with E-state index in [1.165, 1.54) is 139 Å². The largest absolute Gasteiger partial charge is 0.213 e. The predicted octanol–water partition coefficient (Wildman–Crippen LogP) is 18.5. The SMILES string of the molecule is Cc1cc(C)c(C)c(-c2cc(C)c3c(C)cccc3[n+]2C)c1.Cc1cc(C)c(C)c(-c2ccc3c(CC(C)C)cccc3[n+]2C)c1.Cc1cc(C)c(C)c(-c2ccc3ccccc3[n+]2C)c1.[2H]C([2H])([2H])c1ccc(-c2ccc3ccccc3[n+]2C)c(C)c1. The van der Waals surface area contributed by atoms with Crippen LogP contribution in [0.3, 0.4) is 0 Å². The molecule has 0 amide bonds. The summed E-state index contributed by atoms with van der Waals surface area (Å²) >= 11 is 0. The van der Waals surface area contributed by atoms with Crippen molar-refractivity contribution in [1.82, 2.24) is 0 Å². The average molecular weight is 1120 g/mol. The van der Waals surface area contributed by atoms with Gasteiger partial charge in [0.2, 0.25) is 44.8 Å². The molecule has 0 atom stereocenters. The fourth-order valence-corrected chi connectivity index (χ4v) is 12.7. The van der Waals surface area contributed by atoms with Crippen molar-refractivity contribution in [2.24, 2.45) is 34.1 Å². The Labute approximate surface area is 512 Å². The van der Waals surface area contributed by atoms with Crippen LogP contribution in [0.4, 0.5) is 0 Å². The Morgan fingerprint density at radius 3 is 1.26 bits per heavy atom. The van der Waals surface area contributed by atoms with Crippen LogP contribution in [0.25, 0.3) is 88.6 Å². The van der Waals surface area contributed by atoms with Crippen LogP contribution in [0.5, 0.6) is 0 Å². The lowest BCUT2D eigenvalue weighted by Crippen LogP contribution is -2.32. The second-order valence-corrected chi connectivity index (χ2v) is 24.4. The van der Waals surface area contributed by atoms with Gasteiger partial charge in [-0.1, -0.05) is 115 Å². The van der Waals surface area contributed by atoms with Crippen LogP contribution in [0.2, 0.25) is 0 Å². The Morgan fingerprint density at radius 1 is 0.329 bits per heavy atom. The van der Waals surface area contributed by atoms with Gasteiger partial charge < -0.3 is 0 Å².